The molecule has 0 saturated heterocycles. The predicted molar refractivity (Wildman–Crippen MR) is 82.0 cm³/mol. The standard InChI is InChI=1S/C18H20O3/c1-13-7-5-6-10-15(13)11-16(18(20)21)12-17(19)14-8-3-2-4-9-14/h2-10,16-17,19H,11-12H2,1H3,(H,20,21). The molecule has 0 radical (unpaired) electrons. The maximum atomic E-state index is 11.5. The minimum absolute atomic E-state index is 0.216. The lowest BCUT2D eigenvalue weighted by Gasteiger charge is -2.18. The summed E-state index contributed by atoms with van der Waals surface area (Å²) < 4.78 is 0. The maximum absolute atomic E-state index is 11.5. The van der Waals surface area contributed by atoms with Crippen molar-refractivity contribution in [1.82, 2.24) is 0 Å². The van der Waals surface area contributed by atoms with E-state index in [4.69, 9.17) is 0 Å². The Morgan fingerprint density at radius 2 is 1.67 bits per heavy atom. The number of aliphatic carboxylic acids is 1. The van der Waals surface area contributed by atoms with E-state index in [1.807, 2.05) is 61.5 Å². The van der Waals surface area contributed by atoms with Crippen molar-refractivity contribution in [2.45, 2.75) is 25.9 Å². The van der Waals surface area contributed by atoms with Gasteiger partial charge in [0.25, 0.3) is 0 Å². The summed E-state index contributed by atoms with van der Waals surface area (Å²) in [5, 5.41) is 19.6. The van der Waals surface area contributed by atoms with Crippen molar-refractivity contribution in [1.29, 1.82) is 0 Å². The molecule has 2 aromatic rings. The van der Waals surface area contributed by atoms with E-state index in [-0.39, 0.29) is 6.42 Å². The summed E-state index contributed by atoms with van der Waals surface area (Å²) in [5.74, 6) is -1.46. The van der Waals surface area contributed by atoms with Gasteiger partial charge in [0.15, 0.2) is 0 Å². The number of aliphatic hydroxyl groups is 1. The van der Waals surface area contributed by atoms with Crippen LogP contribution in [0.15, 0.2) is 54.6 Å². The fourth-order valence-electron chi connectivity index (χ4n) is 2.46. The number of aryl methyl sites for hydroxylation is 1. The van der Waals surface area contributed by atoms with Gasteiger partial charge in [-0.05, 0) is 36.5 Å². The van der Waals surface area contributed by atoms with E-state index in [0.717, 1.165) is 16.7 Å². The van der Waals surface area contributed by atoms with Crippen molar-refractivity contribution in [2.24, 2.45) is 5.92 Å². The second-order valence-electron chi connectivity index (χ2n) is 5.33. The van der Waals surface area contributed by atoms with E-state index in [9.17, 15) is 15.0 Å². The third-order valence-corrected chi connectivity index (χ3v) is 3.77. The van der Waals surface area contributed by atoms with Crippen LogP contribution in [-0.2, 0) is 11.2 Å². The Bertz CT molecular complexity index is 592. The van der Waals surface area contributed by atoms with Crippen molar-refractivity contribution >= 4 is 5.97 Å². The number of carbonyl (C=O) groups is 1. The molecule has 0 aliphatic carbocycles. The van der Waals surface area contributed by atoms with Gasteiger partial charge in [-0.3, -0.25) is 4.79 Å². The molecule has 0 aliphatic heterocycles. The summed E-state index contributed by atoms with van der Waals surface area (Å²) in [4.78, 5) is 11.5. The molecule has 0 aromatic heterocycles. The third-order valence-electron chi connectivity index (χ3n) is 3.77. The van der Waals surface area contributed by atoms with Crippen molar-refractivity contribution in [3.8, 4) is 0 Å². The zero-order valence-electron chi connectivity index (χ0n) is 12.1. The number of carboxylic acids is 1. The number of hydrogen-bond acceptors (Lipinski definition) is 2. The van der Waals surface area contributed by atoms with Crippen LogP contribution in [0.25, 0.3) is 0 Å². The normalized spacial score (nSPS) is 13.6. The summed E-state index contributed by atoms with van der Waals surface area (Å²) in [6, 6.07) is 17.0. The molecule has 0 heterocycles. The van der Waals surface area contributed by atoms with Crippen molar-refractivity contribution < 1.29 is 15.0 Å². The van der Waals surface area contributed by atoms with E-state index < -0.39 is 18.0 Å². The average molecular weight is 284 g/mol. The lowest BCUT2D eigenvalue weighted by Crippen LogP contribution is -2.20. The molecule has 0 amide bonds. The maximum Gasteiger partial charge on any atom is 0.306 e. The first-order valence-electron chi connectivity index (χ1n) is 7.08. The van der Waals surface area contributed by atoms with Crippen LogP contribution in [0.3, 0.4) is 0 Å². The summed E-state index contributed by atoms with van der Waals surface area (Å²) >= 11 is 0. The van der Waals surface area contributed by atoms with E-state index >= 15 is 0 Å². The minimum atomic E-state index is -0.867. The molecule has 0 fully saturated rings. The van der Waals surface area contributed by atoms with Gasteiger partial charge in [-0.25, -0.2) is 0 Å². The monoisotopic (exact) mass is 284 g/mol. The minimum Gasteiger partial charge on any atom is -0.481 e. The molecule has 21 heavy (non-hydrogen) atoms. The summed E-state index contributed by atoms with van der Waals surface area (Å²) in [6.07, 6.45) is -0.101. The van der Waals surface area contributed by atoms with Crippen LogP contribution in [0.5, 0.6) is 0 Å². The van der Waals surface area contributed by atoms with E-state index in [2.05, 4.69) is 0 Å². The first-order chi connectivity index (χ1) is 10.1. The molecular formula is C18H20O3. The van der Waals surface area contributed by atoms with Crippen LogP contribution in [-0.4, -0.2) is 16.2 Å². The number of aliphatic hydroxyl groups excluding tert-OH is 1. The Hall–Kier alpha value is -2.13. The van der Waals surface area contributed by atoms with E-state index in [1.165, 1.54) is 0 Å². The molecule has 2 atom stereocenters. The van der Waals surface area contributed by atoms with Gasteiger partial charge in [-0.2, -0.15) is 0 Å². The van der Waals surface area contributed by atoms with Gasteiger partial charge in [0, 0.05) is 0 Å². The first kappa shape index (κ1) is 15.3. The Morgan fingerprint density at radius 3 is 2.29 bits per heavy atom. The van der Waals surface area contributed by atoms with Gasteiger partial charge < -0.3 is 10.2 Å². The fourth-order valence-corrected chi connectivity index (χ4v) is 2.46. The Labute approximate surface area is 124 Å². The molecule has 110 valence electrons. The highest BCUT2D eigenvalue weighted by molar-refractivity contribution is 5.70. The molecule has 0 spiro atoms. The molecule has 2 rings (SSSR count). The highest BCUT2D eigenvalue weighted by atomic mass is 16.4. The lowest BCUT2D eigenvalue weighted by molar-refractivity contribution is -0.142. The van der Waals surface area contributed by atoms with Crippen LogP contribution in [0.1, 0.15) is 29.2 Å². The number of benzene rings is 2. The lowest BCUT2D eigenvalue weighted by atomic mass is 9.90. The Morgan fingerprint density at radius 1 is 1.05 bits per heavy atom. The van der Waals surface area contributed by atoms with Crippen molar-refractivity contribution in [3.05, 3.63) is 71.3 Å². The quantitative estimate of drug-likeness (QED) is 0.855. The van der Waals surface area contributed by atoms with Gasteiger partial charge in [0.05, 0.1) is 12.0 Å². The SMILES string of the molecule is Cc1ccccc1CC(CC(O)c1ccccc1)C(=O)O. The molecule has 0 aliphatic rings. The molecule has 0 bridgehead atoms. The van der Waals surface area contributed by atoms with Crippen LogP contribution in [0.4, 0.5) is 0 Å². The fraction of sp³-hybridized carbons (Fsp3) is 0.278. The molecule has 2 aromatic carbocycles. The second-order valence-corrected chi connectivity index (χ2v) is 5.33. The van der Waals surface area contributed by atoms with Crippen LogP contribution in [0, 0.1) is 12.8 Å². The smallest absolute Gasteiger partial charge is 0.306 e. The number of carboxylic acid groups (broad SMARTS) is 1. The Balaban J connectivity index is 2.10. The molecule has 0 saturated carbocycles. The van der Waals surface area contributed by atoms with Gasteiger partial charge in [-0.1, -0.05) is 54.6 Å². The molecule has 3 nitrogen and oxygen atoms in total. The van der Waals surface area contributed by atoms with Crippen LogP contribution < -0.4 is 0 Å². The Kier molecular flexibility index (Phi) is 5.12. The predicted octanol–water partition coefficient (Wildman–Crippen LogP) is 3.36. The largest absolute Gasteiger partial charge is 0.481 e. The van der Waals surface area contributed by atoms with Gasteiger partial charge in [-0.15, -0.1) is 0 Å². The van der Waals surface area contributed by atoms with E-state index in [0.29, 0.717) is 6.42 Å². The topological polar surface area (TPSA) is 57.5 Å². The summed E-state index contributed by atoms with van der Waals surface area (Å²) in [6.45, 7) is 1.97. The molecule has 2 N–H and O–H groups in total. The third kappa shape index (κ3) is 4.17. The summed E-state index contributed by atoms with van der Waals surface area (Å²) in [5.41, 5.74) is 2.86. The molecular weight excluding hydrogens is 264 g/mol. The molecule has 3 heteroatoms. The van der Waals surface area contributed by atoms with Crippen LogP contribution >= 0.6 is 0 Å². The highest BCUT2D eigenvalue weighted by Crippen LogP contribution is 2.25. The second kappa shape index (κ2) is 7.04. The zero-order valence-corrected chi connectivity index (χ0v) is 12.1. The van der Waals surface area contributed by atoms with Gasteiger partial charge in [0.1, 0.15) is 0 Å². The van der Waals surface area contributed by atoms with Crippen molar-refractivity contribution in [3.63, 3.8) is 0 Å². The van der Waals surface area contributed by atoms with Crippen LogP contribution in [0.2, 0.25) is 0 Å². The van der Waals surface area contributed by atoms with Crippen molar-refractivity contribution in [2.75, 3.05) is 0 Å². The van der Waals surface area contributed by atoms with E-state index in [1.54, 1.807) is 0 Å². The highest BCUT2D eigenvalue weighted by Gasteiger charge is 2.23. The average Bonchev–Trinajstić information content (AvgIpc) is 2.49. The molecule has 2 unspecified atom stereocenters. The van der Waals surface area contributed by atoms with Gasteiger partial charge in [0.2, 0.25) is 0 Å². The first-order valence-corrected chi connectivity index (χ1v) is 7.08. The number of hydrogen-bond donors (Lipinski definition) is 2. The summed E-state index contributed by atoms with van der Waals surface area (Å²) in [7, 11) is 0. The van der Waals surface area contributed by atoms with Gasteiger partial charge >= 0.3 is 5.97 Å². The zero-order chi connectivity index (χ0) is 15.2. The number of rotatable bonds is 6.